The lowest BCUT2D eigenvalue weighted by molar-refractivity contribution is -0.385. The van der Waals surface area contributed by atoms with Gasteiger partial charge in [-0.1, -0.05) is 0 Å². The van der Waals surface area contributed by atoms with Gasteiger partial charge in [0.15, 0.2) is 0 Å². The standard InChI is InChI=1S/C15H22N4O4/c1-15(2,3)23-14(20)18-8-4-5-11(18)9-16-13-7-6-12(10-17-13)19(21)22/h6-7,10-11H,4-5,8-9H2,1-3H3,(H,16,17)/t11-/m1/s1. The Hall–Kier alpha value is -2.38. The number of aromatic nitrogens is 1. The van der Waals surface area contributed by atoms with Crippen LogP contribution in [-0.2, 0) is 4.74 Å². The van der Waals surface area contributed by atoms with E-state index in [0.29, 0.717) is 18.9 Å². The number of amides is 1. The Labute approximate surface area is 135 Å². The quantitative estimate of drug-likeness (QED) is 0.676. The molecule has 1 aromatic rings. The van der Waals surface area contributed by atoms with Crippen molar-refractivity contribution in [1.29, 1.82) is 0 Å². The highest BCUT2D eigenvalue weighted by atomic mass is 16.6. The molecule has 2 rings (SSSR count). The second-order valence-electron chi connectivity index (χ2n) is 6.51. The number of rotatable bonds is 4. The first-order chi connectivity index (χ1) is 10.8. The lowest BCUT2D eigenvalue weighted by atomic mass is 10.2. The van der Waals surface area contributed by atoms with E-state index in [1.165, 1.54) is 12.3 Å². The van der Waals surface area contributed by atoms with Gasteiger partial charge in [-0.05, 0) is 39.7 Å². The molecule has 1 saturated heterocycles. The van der Waals surface area contributed by atoms with Gasteiger partial charge in [0.25, 0.3) is 5.69 Å². The number of hydrogen-bond donors (Lipinski definition) is 1. The third-order valence-corrected chi connectivity index (χ3v) is 3.48. The zero-order chi connectivity index (χ0) is 17.0. The maximum absolute atomic E-state index is 12.2. The van der Waals surface area contributed by atoms with Crippen molar-refractivity contribution in [3.05, 3.63) is 28.4 Å². The van der Waals surface area contributed by atoms with Gasteiger partial charge in [0.05, 0.1) is 11.0 Å². The second kappa shape index (κ2) is 6.80. The first-order valence-corrected chi connectivity index (χ1v) is 7.60. The van der Waals surface area contributed by atoms with Crippen LogP contribution in [0.3, 0.4) is 0 Å². The van der Waals surface area contributed by atoms with Gasteiger partial charge in [0, 0.05) is 19.2 Å². The Morgan fingerprint density at radius 3 is 2.83 bits per heavy atom. The Kier molecular flexibility index (Phi) is 5.02. The Balaban J connectivity index is 1.91. The molecule has 1 amide bonds. The lowest BCUT2D eigenvalue weighted by Crippen LogP contribution is -2.42. The zero-order valence-corrected chi connectivity index (χ0v) is 13.6. The predicted octanol–water partition coefficient (Wildman–Crippen LogP) is 2.80. The van der Waals surface area contributed by atoms with Crippen molar-refractivity contribution in [3.8, 4) is 0 Å². The number of carbonyl (C=O) groups is 1. The van der Waals surface area contributed by atoms with E-state index >= 15 is 0 Å². The molecule has 0 bridgehead atoms. The molecule has 126 valence electrons. The number of pyridine rings is 1. The van der Waals surface area contributed by atoms with Crippen LogP contribution in [0, 0.1) is 10.1 Å². The van der Waals surface area contributed by atoms with Crippen LogP contribution in [0.1, 0.15) is 33.6 Å². The summed E-state index contributed by atoms with van der Waals surface area (Å²) in [6.45, 7) is 6.73. The molecule has 2 heterocycles. The van der Waals surface area contributed by atoms with Crippen LogP contribution >= 0.6 is 0 Å². The van der Waals surface area contributed by atoms with Crippen LogP contribution < -0.4 is 5.32 Å². The molecule has 1 fully saturated rings. The number of anilines is 1. The molecule has 1 aromatic heterocycles. The summed E-state index contributed by atoms with van der Waals surface area (Å²) < 4.78 is 5.41. The molecule has 23 heavy (non-hydrogen) atoms. The van der Waals surface area contributed by atoms with Crippen LogP contribution in [0.4, 0.5) is 16.3 Å². The Morgan fingerprint density at radius 2 is 2.26 bits per heavy atom. The number of likely N-dealkylation sites (tertiary alicyclic amines) is 1. The molecule has 1 aliphatic heterocycles. The number of ether oxygens (including phenoxy) is 1. The summed E-state index contributed by atoms with van der Waals surface area (Å²) >= 11 is 0. The van der Waals surface area contributed by atoms with E-state index in [-0.39, 0.29) is 17.8 Å². The monoisotopic (exact) mass is 322 g/mol. The Bertz CT molecular complexity index is 568. The average Bonchev–Trinajstić information content (AvgIpc) is 2.92. The van der Waals surface area contributed by atoms with Crippen LogP contribution in [0.2, 0.25) is 0 Å². The number of carbonyl (C=O) groups excluding carboxylic acids is 1. The lowest BCUT2D eigenvalue weighted by Gasteiger charge is -2.28. The zero-order valence-electron chi connectivity index (χ0n) is 13.6. The van der Waals surface area contributed by atoms with Crippen molar-refractivity contribution in [2.45, 2.75) is 45.3 Å². The summed E-state index contributed by atoms with van der Waals surface area (Å²) in [5.41, 5.74) is -0.566. The number of nitrogens with one attached hydrogen (secondary N) is 1. The van der Waals surface area contributed by atoms with Gasteiger partial charge in [-0.15, -0.1) is 0 Å². The SMILES string of the molecule is CC(C)(C)OC(=O)N1CCC[C@@H]1CNc1ccc([N+](=O)[O-])cn1. The average molecular weight is 322 g/mol. The topological polar surface area (TPSA) is 97.6 Å². The molecule has 8 nitrogen and oxygen atoms in total. The van der Waals surface area contributed by atoms with Gasteiger partial charge in [-0.25, -0.2) is 9.78 Å². The van der Waals surface area contributed by atoms with Crippen LogP contribution in [-0.4, -0.2) is 45.6 Å². The minimum atomic E-state index is -0.516. The number of nitro groups is 1. The maximum atomic E-state index is 12.2. The van der Waals surface area contributed by atoms with Gasteiger partial charge in [0.2, 0.25) is 0 Å². The molecule has 1 aliphatic rings. The molecule has 8 heteroatoms. The smallest absolute Gasteiger partial charge is 0.410 e. The highest BCUT2D eigenvalue weighted by molar-refractivity contribution is 5.69. The Morgan fingerprint density at radius 1 is 1.52 bits per heavy atom. The van der Waals surface area contributed by atoms with Gasteiger partial charge in [-0.2, -0.15) is 0 Å². The normalized spacial score (nSPS) is 17.9. The van der Waals surface area contributed by atoms with Crippen molar-refractivity contribution < 1.29 is 14.5 Å². The van der Waals surface area contributed by atoms with Gasteiger partial charge >= 0.3 is 6.09 Å². The minimum Gasteiger partial charge on any atom is -0.444 e. The summed E-state index contributed by atoms with van der Waals surface area (Å²) in [6, 6.07) is 2.99. The van der Waals surface area contributed by atoms with Crippen LogP contribution in [0.15, 0.2) is 18.3 Å². The molecule has 0 unspecified atom stereocenters. The summed E-state index contributed by atoms with van der Waals surface area (Å²) in [5.74, 6) is 0.548. The first-order valence-electron chi connectivity index (χ1n) is 7.60. The molecule has 0 radical (unpaired) electrons. The number of hydrogen-bond acceptors (Lipinski definition) is 6. The molecule has 1 atom stereocenters. The third kappa shape index (κ3) is 4.80. The second-order valence-corrected chi connectivity index (χ2v) is 6.51. The highest BCUT2D eigenvalue weighted by Crippen LogP contribution is 2.21. The van der Waals surface area contributed by atoms with E-state index in [4.69, 9.17) is 4.74 Å². The fraction of sp³-hybridized carbons (Fsp3) is 0.600. The maximum Gasteiger partial charge on any atom is 0.410 e. The fourth-order valence-electron chi connectivity index (χ4n) is 2.43. The van der Waals surface area contributed by atoms with Gasteiger partial charge < -0.3 is 15.0 Å². The van der Waals surface area contributed by atoms with E-state index in [1.54, 1.807) is 11.0 Å². The fourth-order valence-corrected chi connectivity index (χ4v) is 2.43. The van der Waals surface area contributed by atoms with E-state index in [1.807, 2.05) is 20.8 Å². The van der Waals surface area contributed by atoms with E-state index < -0.39 is 10.5 Å². The minimum absolute atomic E-state index is 0.0295. The van der Waals surface area contributed by atoms with Crippen molar-refractivity contribution in [2.24, 2.45) is 0 Å². The molecule has 0 aromatic carbocycles. The molecule has 1 N–H and O–H groups in total. The first kappa shape index (κ1) is 17.0. The summed E-state index contributed by atoms with van der Waals surface area (Å²) in [5, 5.41) is 13.7. The molecular weight excluding hydrogens is 300 g/mol. The summed E-state index contributed by atoms with van der Waals surface area (Å²) in [4.78, 5) is 28.0. The highest BCUT2D eigenvalue weighted by Gasteiger charge is 2.31. The number of nitrogens with zero attached hydrogens (tertiary/aromatic N) is 3. The van der Waals surface area contributed by atoms with Crippen molar-refractivity contribution in [1.82, 2.24) is 9.88 Å². The van der Waals surface area contributed by atoms with Gasteiger partial charge in [-0.3, -0.25) is 10.1 Å². The third-order valence-electron chi connectivity index (χ3n) is 3.48. The van der Waals surface area contributed by atoms with E-state index in [2.05, 4.69) is 10.3 Å². The molecule has 0 spiro atoms. The molecular formula is C15H22N4O4. The largest absolute Gasteiger partial charge is 0.444 e. The van der Waals surface area contributed by atoms with Gasteiger partial charge in [0.1, 0.15) is 17.6 Å². The summed E-state index contributed by atoms with van der Waals surface area (Å²) in [7, 11) is 0. The van der Waals surface area contributed by atoms with Crippen molar-refractivity contribution in [2.75, 3.05) is 18.4 Å². The van der Waals surface area contributed by atoms with Crippen LogP contribution in [0.25, 0.3) is 0 Å². The van der Waals surface area contributed by atoms with Crippen LogP contribution in [0.5, 0.6) is 0 Å². The summed E-state index contributed by atoms with van der Waals surface area (Å²) in [6.07, 6.45) is 2.72. The van der Waals surface area contributed by atoms with Crippen molar-refractivity contribution in [3.63, 3.8) is 0 Å². The molecule has 0 aliphatic carbocycles. The van der Waals surface area contributed by atoms with E-state index in [9.17, 15) is 14.9 Å². The van der Waals surface area contributed by atoms with E-state index in [0.717, 1.165) is 12.8 Å². The predicted molar refractivity (Wildman–Crippen MR) is 85.3 cm³/mol. The van der Waals surface area contributed by atoms with Crippen molar-refractivity contribution >= 4 is 17.6 Å². The molecule has 0 saturated carbocycles.